The van der Waals surface area contributed by atoms with E-state index in [1.54, 1.807) is 17.2 Å². The molecule has 3 rings (SSSR count). The highest BCUT2D eigenvalue weighted by atomic mass is 16.2. The number of nitrogens with one attached hydrogen (secondary N) is 1. The lowest BCUT2D eigenvalue weighted by molar-refractivity contribution is 0.0532. The van der Waals surface area contributed by atoms with Gasteiger partial charge in [-0.3, -0.25) is 9.59 Å². The Morgan fingerprint density at radius 3 is 2.08 bits per heavy atom. The molecule has 25 heavy (non-hydrogen) atoms. The van der Waals surface area contributed by atoms with E-state index in [9.17, 15) is 9.59 Å². The highest BCUT2D eigenvalue weighted by molar-refractivity contribution is 5.95. The number of H-pyrrole nitrogens is 1. The second-order valence-electron chi connectivity index (χ2n) is 6.96. The van der Waals surface area contributed by atoms with Crippen LogP contribution < -0.4 is 0 Å². The van der Waals surface area contributed by atoms with Crippen molar-refractivity contribution in [3.8, 4) is 0 Å². The van der Waals surface area contributed by atoms with Crippen LogP contribution in [0.4, 0.5) is 0 Å². The van der Waals surface area contributed by atoms with Gasteiger partial charge in [0.1, 0.15) is 5.69 Å². The fourth-order valence-electron chi connectivity index (χ4n) is 3.18. The monoisotopic (exact) mass is 339 g/mol. The third-order valence-electron chi connectivity index (χ3n) is 4.53. The number of hydrogen-bond acceptors (Lipinski definition) is 2. The first-order valence-electron chi connectivity index (χ1n) is 8.85. The van der Waals surface area contributed by atoms with Crippen LogP contribution in [0, 0.1) is 5.92 Å². The van der Waals surface area contributed by atoms with E-state index >= 15 is 0 Å². The zero-order chi connectivity index (χ0) is 17.8. The molecule has 1 aliphatic heterocycles. The maximum Gasteiger partial charge on any atom is 0.270 e. The average Bonchev–Trinajstić information content (AvgIpc) is 3.15. The molecule has 2 amide bonds. The first-order valence-corrected chi connectivity index (χ1v) is 8.85. The number of hydrogen-bond donors (Lipinski definition) is 1. The van der Waals surface area contributed by atoms with Crippen molar-refractivity contribution in [2.24, 2.45) is 5.92 Å². The first kappa shape index (κ1) is 17.3. The summed E-state index contributed by atoms with van der Waals surface area (Å²) < 4.78 is 0. The van der Waals surface area contributed by atoms with Crippen LogP contribution in [0.1, 0.15) is 40.3 Å². The number of carbonyl (C=O) groups excluding carboxylic acids is 2. The molecule has 1 fully saturated rings. The quantitative estimate of drug-likeness (QED) is 0.931. The Kier molecular flexibility index (Phi) is 5.22. The summed E-state index contributed by atoms with van der Waals surface area (Å²) in [5, 5.41) is 0. The maximum absolute atomic E-state index is 12.7. The largest absolute Gasteiger partial charge is 0.357 e. The molecule has 1 aromatic carbocycles. The summed E-state index contributed by atoms with van der Waals surface area (Å²) in [4.78, 5) is 31.5. The Hall–Kier alpha value is -2.56. The van der Waals surface area contributed by atoms with Gasteiger partial charge in [0.2, 0.25) is 0 Å². The molecule has 5 heteroatoms. The number of nitrogens with zero attached hydrogens (tertiary/aromatic N) is 2. The molecule has 0 aliphatic carbocycles. The lowest BCUT2D eigenvalue weighted by Gasteiger charge is -2.34. The number of rotatable bonds is 4. The fraction of sp³-hybridized carbons (Fsp3) is 0.400. The summed E-state index contributed by atoms with van der Waals surface area (Å²) in [5.41, 5.74) is 2.57. The molecule has 5 nitrogen and oxygen atoms in total. The van der Waals surface area contributed by atoms with E-state index in [1.165, 1.54) is 5.56 Å². The summed E-state index contributed by atoms with van der Waals surface area (Å²) in [6, 6.07) is 11.5. The predicted octanol–water partition coefficient (Wildman–Crippen LogP) is 2.81. The minimum atomic E-state index is -0.00450. The number of piperazine rings is 1. The second kappa shape index (κ2) is 7.55. The van der Waals surface area contributed by atoms with Crippen LogP contribution in [-0.4, -0.2) is 52.8 Å². The van der Waals surface area contributed by atoms with Crippen LogP contribution in [0.15, 0.2) is 42.6 Å². The molecule has 0 radical (unpaired) electrons. The zero-order valence-corrected chi connectivity index (χ0v) is 14.9. The molecular formula is C20H25N3O2. The van der Waals surface area contributed by atoms with Gasteiger partial charge < -0.3 is 14.8 Å². The number of aromatic amines is 1. The molecule has 0 unspecified atom stereocenters. The number of carbonyl (C=O) groups is 2. The van der Waals surface area contributed by atoms with Crippen molar-refractivity contribution in [2.45, 2.75) is 20.3 Å². The van der Waals surface area contributed by atoms with Gasteiger partial charge in [0.25, 0.3) is 11.8 Å². The highest BCUT2D eigenvalue weighted by Gasteiger charge is 2.25. The molecule has 2 heterocycles. The van der Waals surface area contributed by atoms with E-state index in [0.717, 1.165) is 12.0 Å². The molecule has 1 N–H and O–H groups in total. The molecule has 2 aromatic rings. The Morgan fingerprint density at radius 2 is 1.56 bits per heavy atom. The fourth-order valence-corrected chi connectivity index (χ4v) is 3.18. The second-order valence-corrected chi connectivity index (χ2v) is 6.96. The third-order valence-corrected chi connectivity index (χ3v) is 4.53. The van der Waals surface area contributed by atoms with Crippen LogP contribution in [0.2, 0.25) is 0 Å². The van der Waals surface area contributed by atoms with Crippen LogP contribution in [-0.2, 0) is 6.42 Å². The van der Waals surface area contributed by atoms with Crippen molar-refractivity contribution in [1.82, 2.24) is 14.8 Å². The summed E-state index contributed by atoms with van der Waals surface area (Å²) in [6.45, 7) is 6.64. The Morgan fingerprint density at radius 1 is 0.960 bits per heavy atom. The normalized spacial score (nSPS) is 14.8. The third kappa shape index (κ3) is 4.10. The number of aromatic nitrogens is 1. The van der Waals surface area contributed by atoms with Gasteiger partial charge in [0.05, 0.1) is 0 Å². The maximum atomic E-state index is 12.7. The number of benzene rings is 1. The van der Waals surface area contributed by atoms with Crippen molar-refractivity contribution in [2.75, 3.05) is 26.2 Å². The van der Waals surface area contributed by atoms with Crippen molar-refractivity contribution in [3.05, 3.63) is 59.4 Å². The van der Waals surface area contributed by atoms with E-state index in [2.05, 4.69) is 18.8 Å². The molecule has 132 valence electrons. The van der Waals surface area contributed by atoms with Crippen molar-refractivity contribution in [3.63, 3.8) is 0 Å². The van der Waals surface area contributed by atoms with Gasteiger partial charge in [0, 0.05) is 37.9 Å². The standard InChI is InChI=1S/C20H25N3O2/c1-15(2)14-16-5-7-17(8-6-16)19(24)22-10-12-23(13-11-22)20(25)18-4-3-9-21-18/h3-9,15,21H,10-14H2,1-2H3. The molecule has 1 aromatic heterocycles. The van der Waals surface area contributed by atoms with Crippen LogP contribution >= 0.6 is 0 Å². The zero-order valence-electron chi connectivity index (χ0n) is 14.9. The van der Waals surface area contributed by atoms with E-state index in [1.807, 2.05) is 35.2 Å². The first-order chi connectivity index (χ1) is 12.0. The molecule has 0 bridgehead atoms. The van der Waals surface area contributed by atoms with Gasteiger partial charge >= 0.3 is 0 Å². The van der Waals surface area contributed by atoms with Crippen LogP contribution in [0.25, 0.3) is 0 Å². The van der Waals surface area contributed by atoms with Gasteiger partial charge in [-0.05, 0) is 42.2 Å². The Bertz CT molecular complexity index is 712. The van der Waals surface area contributed by atoms with Gasteiger partial charge in [-0.1, -0.05) is 26.0 Å². The smallest absolute Gasteiger partial charge is 0.270 e. The van der Waals surface area contributed by atoms with Gasteiger partial charge in [0.15, 0.2) is 0 Å². The van der Waals surface area contributed by atoms with E-state index in [4.69, 9.17) is 0 Å². The van der Waals surface area contributed by atoms with E-state index in [-0.39, 0.29) is 11.8 Å². The van der Waals surface area contributed by atoms with Crippen molar-refractivity contribution in [1.29, 1.82) is 0 Å². The summed E-state index contributed by atoms with van der Waals surface area (Å²) in [5.74, 6) is 0.644. The predicted molar refractivity (Wildman–Crippen MR) is 97.6 cm³/mol. The SMILES string of the molecule is CC(C)Cc1ccc(C(=O)N2CCN(C(=O)c3ccc[nH]3)CC2)cc1. The van der Waals surface area contributed by atoms with Crippen LogP contribution in [0.5, 0.6) is 0 Å². The lowest BCUT2D eigenvalue weighted by Crippen LogP contribution is -2.50. The van der Waals surface area contributed by atoms with E-state index < -0.39 is 0 Å². The van der Waals surface area contributed by atoms with Crippen LogP contribution in [0.3, 0.4) is 0 Å². The topological polar surface area (TPSA) is 56.4 Å². The van der Waals surface area contributed by atoms with Gasteiger partial charge in [-0.25, -0.2) is 0 Å². The molecule has 1 aliphatic rings. The highest BCUT2D eigenvalue weighted by Crippen LogP contribution is 2.14. The minimum Gasteiger partial charge on any atom is -0.357 e. The van der Waals surface area contributed by atoms with Gasteiger partial charge in [-0.2, -0.15) is 0 Å². The Balaban J connectivity index is 1.57. The van der Waals surface area contributed by atoms with Crippen molar-refractivity contribution >= 4 is 11.8 Å². The van der Waals surface area contributed by atoms with Gasteiger partial charge in [-0.15, -0.1) is 0 Å². The number of amides is 2. The molecule has 0 atom stereocenters. The average molecular weight is 339 g/mol. The summed E-state index contributed by atoms with van der Waals surface area (Å²) in [6.07, 6.45) is 2.77. The molecule has 0 spiro atoms. The molecular weight excluding hydrogens is 314 g/mol. The van der Waals surface area contributed by atoms with E-state index in [0.29, 0.717) is 37.8 Å². The molecule has 0 saturated carbocycles. The minimum absolute atomic E-state index is 0.00450. The lowest BCUT2D eigenvalue weighted by atomic mass is 10.0. The summed E-state index contributed by atoms with van der Waals surface area (Å²) >= 11 is 0. The van der Waals surface area contributed by atoms with Crippen molar-refractivity contribution < 1.29 is 9.59 Å². The summed E-state index contributed by atoms with van der Waals surface area (Å²) in [7, 11) is 0. The Labute approximate surface area is 148 Å². The molecule has 1 saturated heterocycles.